The zero-order valence-electron chi connectivity index (χ0n) is 11.9. The van der Waals surface area contributed by atoms with Gasteiger partial charge in [0.25, 0.3) is 0 Å². The van der Waals surface area contributed by atoms with E-state index in [-0.39, 0.29) is 11.8 Å². The van der Waals surface area contributed by atoms with E-state index in [4.69, 9.17) is 11.6 Å². The molecule has 0 bridgehead atoms. The summed E-state index contributed by atoms with van der Waals surface area (Å²) in [6, 6.07) is 17.9. The number of alkyl halides is 1. The Bertz CT molecular complexity index is 789. The first-order valence-electron chi connectivity index (χ1n) is 7.02. The molecule has 0 saturated carbocycles. The Labute approximate surface area is 134 Å². The molecule has 3 nitrogen and oxygen atoms in total. The van der Waals surface area contributed by atoms with Crippen molar-refractivity contribution in [1.29, 1.82) is 0 Å². The van der Waals surface area contributed by atoms with E-state index >= 15 is 0 Å². The maximum absolute atomic E-state index is 12.2. The van der Waals surface area contributed by atoms with E-state index in [2.05, 4.69) is 4.98 Å². The number of benzene rings is 2. The van der Waals surface area contributed by atoms with Crippen LogP contribution in [0.25, 0.3) is 10.8 Å². The summed E-state index contributed by atoms with van der Waals surface area (Å²) in [4.78, 5) is 18.0. The minimum absolute atomic E-state index is 0.0485. The van der Waals surface area contributed by atoms with Crippen molar-refractivity contribution < 1.29 is 4.79 Å². The molecule has 0 atom stereocenters. The van der Waals surface area contributed by atoms with Gasteiger partial charge < -0.3 is 4.90 Å². The number of rotatable bonds is 4. The molecule has 0 unspecified atom stereocenters. The van der Waals surface area contributed by atoms with Crippen molar-refractivity contribution in [3.05, 3.63) is 72.6 Å². The van der Waals surface area contributed by atoms with Crippen LogP contribution in [0.2, 0.25) is 0 Å². The van der Waals surface area contributed by atoms with Crippen molar-refractivity contribution in [1.82, 2.24) is 4.98 Å². The van der Waals surface area contributed by atoms with Crippen molar-refractivity contribution in [3.63, 3.8) is 0 Å². The lowest BCUT2D eigenvalue weighted by Crippen LogP contribution is -2.31. The zero-order valence-corrected chi connectivity index (χ0v) is 12.7. The number of nitrogens with zero attached hydrogens (tertiary/aromatic N) is 2. The predicted molar refractivity (Wildman–Crippen MR) is 90.1 cm³/mol. The van der Waals surface area contributed by atoms with Crippen molar-refractivity contribution in [2.24, 2.45) is 0 Å². The lowest BCUT2D eigenvalue weighted by molar-refractivity contribution is -0.116. The fourth-order valence-corrected chi connectivity index (χ4v) is 2.56. The average Bonchev–Trinajstić information content (AvgIpc) is 2.59. The molecule has 0 spiro atoms. The standard InChI is InChI=1S/C18H15ClN2O/c19-11-18(22)21(13-14-4-3-9-20-12-14)17-8-7-15-5-1-2-6-16(15)10-17/h1-10,12H,11,13H2. The summed E-state index contributed by atoms with van der Waals surface area (Å²) in [5.74, 6) is -0.173. The van der Waals surface area contributed by atoms with E-state index in [0.717, 1.165) is 22.0 Å². The molecule has 3 aromatic rings. The number of amides is 1. The van der Waals surface area contributed by atoms with E-state index in [1.54, 1.807) is 17.3 Å². The molecule has 1 aromatic heterocycles. The molecule has 2 aromatic carbocycles. The van der Waals surface area contributed by atoms with Gasteiger partial charge in [-0.05, 0) is 34.5 Å². The number of fused-ring (bicyclic) bond motifs is 1. The molecule has 1 amide bonds. The number of pyridine rings is 1. The van der Waals surface area contributed by atoms with Crippen molar-refractivity contribution >= 4 is 34.0 Å². The monoisotopic (exact) mass is 310 g/mol. The van der Waals surface area contributed by atoms with Gasteiger partial charge in [-0.1, -0.05) is 36.4 Å². The highest BCUT2D eigenvalue weighted by molar-refractivity contribution is 6.29. The molecule has 0 aliphatic carbocycles. The number of carbonyl (C=O) groups excluding carboxylic acids is 1. The van der Waals surface area contributed by atoms with E-state index in [9.17, 15) is 4.79 Å². The Morgan fingerprint density at radius 2 is 1.86 bits per heavy atom. The van der Waals surface area contributed by atoms with Gasteiger partial charge in [0.05, 0.1) is 6.54 Å². The summed E-state index contributed by atoms with van der Waals surface area (Å²) in [6.07, 6.45) is 3.47. The second-order valence-electron chi connectivity index (χ2n) is 5.01. The third-order valence-electron chi connectivity index (χ3n) is 3.52. The van der Waals surface area contributed by atoms with Crippen molar-refractivity contribution in [2.45, 2.75) is 6.54 Å². The van der Waals surface area contributed by atoms with Gasteiger partial charge in [-0.25, -0.2) is 0 Å². The van der Waals surface area contributed by atoms with E-state index in [1.807, 2.05) is 54.6 Å². The van der Waals surface area contributed by atoms with Crippen LogP contribution in [0.5, 0.6) is 0 Å². The van der Waals surface area contributed by atoms with Crippen LogP contribution < -0.4 is 4.90 Å². The normalized spacial score (nSPS) is 10.6. The number of hydrogen-bond donors (Lipinski definition) is 0. The minimum atomic E-state index is -0.124. The third-order valence-corrected chi connectivity index (χ3v) is 3.75. The second kappa shape index (κ2) is 6.58. The Morgan fingerprint density at radius 3 is 2.59 bits per heavy atom. The molecular formula is C18H15ClN2O. The highest BCUT2D eigenvalue weighted by Gasteiger charge is 2.15. The number of aromatic nitrogens is 1. The van der Waals surface area contributed by atoms with Gasteiger partial charge in [0.2, 0.25) is 5.91 Å². The Morgan fingerprint density at radius 1 is 1.05 bits per heavy atom. The van der Waals surface area contributed by atoms with Crippen LogP contribution in [0, 0.1) is 0 Å². The molecule has 22 heavy (non-hydrogen) atoms. The van der Waals surface area contributed by atoms with Crippen LogP contribution >= 0.6 is 11.6 Å². The fourth-order valence-electron chi connectivity index (χ4n) is 2.41. The molecule has 110 valence electrons. The molecule has 0 aliphatic heterocycles. The van der Waals surface area contributed by atoms with Crippen LogP contribution in [0.3, 0.4) is 0 Å². The van der Waals surface area contributed by atoms with Crippen molar-refractivity contribution in [2.75, 3.05) is 10.8 Å². The molecule has 1 heterocycles. The van der Waals surface area contributed by atoms with Gasteiger partial charge in [0.15, 0.2) is 0 Å². The molecule has 0 radical (unpaired) electrons. The lowest BCUT2D eigenvalue weighted by Gasteiger charge is -2.22. The second-order valence-corrected chi connectivity index (χ2v) is 5.27. The summed E-state index contributed by atoms with van der Waals surface area (Å²) in [6.45, 7) is 0.456. The largest absolute Gasteiger partial charge is 0.307 e. The molecule has 3 rings (SSSR count). The van der Waals surface area contributed by atoms with Gasteiger partial charge in [-0.3, -0.25) is 9.78 Å². The summed E-state index contributed by atoms with van der Waals surface area (Å²) >= 11 is 5.77. The summed E-state index contributed by atoms with van der Waals surface area (Å²) in [5, 5.41) is 2.24. The molecule has 4 heteroatoms. The van der Waals surface area contributed by atoms with E-state index in [1.165, 1.54) is 0 Å². The maximum Gasteiger partial charge on any atom is 0.242 e. The van der Waals surface area contributed by atoms with Crippen LogP contribution in [0.4, 0.5) is 5.69 Å². The Kier molecular flexibility index (Phi) is 4.35. The number of carbonyl (C=O) groups is 1. The first-order chi connectivity index (χ1) is 10.8. The summed E-state index contributed by atoms with van der Waals surface area (Å²) < 4.78 is 0. The highest BCUT2D eigenvalue weighted by Crippen LogP contribution is 2.24. The number of halogens is 1. The smallest absolute Gasteiger partial charge is 0.242 e. The van der Waals surface area contributed by atoms with Gasteiger partial charge in [-0.2, -0.15) is 0 Å². The van der Waals surface area contributed by atoms with Crippen LogP contribution in [-0.2, 0) is 11.3 Å². The molecule has 0 aliphatic rings. The Balaban J connectivity index is 1.98. The molecule has 0 saturated heterocycles. The van der Waals surface area contributed by atoms with E-state index < -0.39 is 0 Å². The average molecular weight is 311 g/mol. The maximum atomic E-state index is 12.2. The zero-order chi connectivity index (χ0) is 15.4. The summed E-state index contributed by atoms with van der Waals surface area (Å²) in [5.41, 5.74) is 1.81. The minimum Gasteiger partial charge on any atom is -0.307 e. The number of hydrogen-bond acceptors (Lipinski definition) is 2. The Hall–Kier alpha value is -2.39. The van der Waals surface area contributed by atoms with Crippen LogP contribution in [-0.4, -0.2) is 16.8 Å². The molecular weight excluding hydrogens is 296 g/mol. The first-order valence-corrected chi connectivity index (χ1v) is 7.55. The van der Waals surface area contributed by atoms with Gasteiger partial charge in [-0.15, -0.1) is 11.6 Å². The summed E-state index contributed by atoms with van der Waals surface area (Å²) in [7, 11) is 0. The van der Waals surface area contributed by atoms with Crippen LogP contribution in [0.15, 0.2) is 67.0 Å². The van der Waals surface area contributed by atoms with Crippen LogP contribution in [0.1, 0.15) is 5.56 Å². The topological polar surface area (TPSA) is 33.2 Å². The van der Waals surface area contributed by atoms with Gasteiger partial charge >= 0.3 is 0 Å². The quantitative estimate of drug-likeness (QED) is 0.682. The van der Waals surface area contributed by atoms with Gasteiger partial charge in [0, 0.05) is 18.1 Å². The predicted octanol–water partition coefficient (Wildman–Crippen LogP) is 4.01. The lowest BCUT2D eigenvalue weighted by atomic mass is 10.1. The van der Waals surface area contributed by atoms with Crippen molar-refractivity contribution in [3.8, 4) is 0 Å². The molecule has 0 fully saturated rings. The van der Waals surface area contributed by atoms with Gasteiger partial charge in [0.1, 0.15) is 5.88 Å². The first kappa shape index (κ1) is 14.5. The highest BCUT2D eigenvalue weighted by atomic mass is 35.5. The fraction of sp³-hybridized carbons (Fsp3) is 0.111. The third kappa shape index (κ3) is 3.10. The van der Waals surface area contributed by atoms with E-state index in [0.29, 0.717) is 6.54 Å². The SMILES string of the molecule is O=C(CCl)N(Cc1cccnc1)c1ccc2ccccc2c1. The molecule has 0 N–H and O–H groups in total. The number of anilines is 1.